The fourth-order valence-electron chi connectivity index (χ4n) is 3.61. The van der Waals surface area contributed by atoms with Crippen molar-refractivity contribution in [2.45, 2.75) is 35.1 Å². The van der Waals surface area contributed by atoms with Crippen molar-refractivity contribution in [1.82, 2.24) is 9.62 Å². The predicted octanol–water partition coefficient (Wildman–Crippen LogP) is 3.58. The smallest absolute Gasteiger partial charge is 0.251 e. The maximum Gasteiger partial charge on any atom is 0.251 e. The maximum absolute atomic E-state index is 13.6. The molecule has 0 spiro atoms. The van der Waals surface area contributed by atoms with Crippen LogP contribution in [0.3, 0.4) is 0 Å². The number of nitrogens with one attached hydrogen (secondary N) is 1. The highest BCUT2D eigenvalue weighted by Gasteiger charge is 2.28. The Morgan fingerprint density at radius 3 is 2.54 bits per heavy atom. The molecule has 2 aliphatic rings. The average Bonchev–Trinajstić information content (AvgIpc) is 3.24. The first-order valence-corrected chi connectivity index (χ1v) is 11.7. The fraction of sp³-hybridized carbons (Fsp3) is 0.350. The summed E-state index contributed by atoms with van der Waals surface area (Å²) in [6.45, 7) is 1.08. The molecule has 28 heavy (non-hydrogen) atoms. The molecule has 1 fully saturated rings. The molecule has 1 amide bonds. The van der Waals surface area contributed by atoms with Gasteiger partial charge in [0.2, 0.25) is 10.0 Å². The fourth-order valence-corrected chi connectivity index (χ4v) is 6.24. The Labute approximate surface area is 168 Å². The molecule has 2 aromatic carbocycles. The van der Waals surface area contributed by atoms with Crippen LogP contribution in [0.4, 0.5) is 4.39 Å². The lowest BCUT2D eigenvalue weighted by Crippen LogP contribution is -2.31. The quantitative estimate of drug-likeness (QED) is 0.821. The zero-order chi connectivity index (χ0) is 19.7. The molecule has 0 saturated carbocycles. The van der Waals surface area contributed by atoms with Gasteiger partial charge in [0.15, 0.2) is 0 Å². The first-order valence-electron chi connectivity index (χ1n) is 9.28. The Balaban J connectivity index is 1.50. The van der Waals surface area contributed by atoms with Gasteiger partial charge in [-0.25, -0.2) is 12.8 Å². The Morgan fingerprint density at radius 2 is 1.82 bits per heavy atom. The Bertz CT molecular complexity index is 987. The van der Waals surface area contributed by atoms with Crippen molar-refractivity contribution in [3.8, 4) is 0 Å². The van der Waals surface area contributed by atoms with Gasteiger partial charge in [0.05, 0.1) is 10.9 Å². The number of fused-ring (bicyclic) bond motifs is 1. The minimum absolute atomic E-state index is 0.201. The predicted molar refractivity (Wildman–Crippen MR) is 106 cm³/mol. The highest BCUT2D eigenvalue weighted by atomic mass is 32.2. The number of rotatable bonds is 4. The molecule has 1 N–H and O–H groups in total. The van der Waals surface area contributed by atoms with Crippen LogP contribution in [0.15, 0.2) is 52.3 Å². The Morgan fingerprint density at radius 1 is 1.11 bits per heavy atom. The number of carbonyl (C=O) groups excluding carboxylic acids is 1. The molecule has 0 radical (unpaired) electrons. The number of benzene rings is 2. The monoisotopic (exact) mass is 420 g/mol. The second kappa shape index (κ2) is 7.85. The minimum atomic E-state index is -3.50. The Kier molecular flexibility index (Phi) is 5.44. The molecule has 8 heteroatoms. The average molecular weight is 421 g/mol. The van der Waals surface area contributed by atoms with Gasteiger partial charge < -0.3 is 5.32 Å². The van der Waals surface area contributed by atoms with Gasteiger partial charge in [0.25, 0.3) is 5.91 Å². The molecule has 1 atom stereocenters. The highest BCUT2D eigenvalue weighted by Crippen LogP contribution is 2.36. The maximum atomic E-state index is 13.6. The van der Waals surface area contributed by atoms with Crippen LogP contribution in [0.25, 0.3) is 0 Å². The lowest BCUT2D eigenvalue weighted by atomic mass is 10.0. The highest BCUT2D eigenvalue weighted by molar-refractivity contribution is 7.99. The largest absolute Gasteiger partial charge is 0.345 e. The second-order valence-electron chi connectivity index (χ2n) is 6.98. The van der Waals surface area contributed by atoms with Crippen molar-refractivity contribution >= 4 is 27.7 Å². The van der Waals surface area contributed by atoms with Crippen molar-refractivity contribution in [2.75, 3.05) is 18.8 Å². The molecule has 1 saturated heterocycles. The van der Waals surface area contributed by atoms with Crippen LogP contribution >= 0.6 is 11.8 Å². The van der Waals surface area contributed by atoms with Crippen LogP contribution in [0.5, 0.6) is 0 Å². The Hall–Kier alpha value is -1.90. The normalized spacial score (nSPS) is 20.0. The van der Waals surface area contributed by atoms with Gasteiger partial charge in [-0.2, -0.15) is 4.31 Å². The van der Waals surface area contributed by atoms with E-state index in [4.69, 9.17) is 0 Å². The third-order valence-corrected chi connectivity index (χ3v) is 8.17. The van der Waals surface area contributed by atoms with Gasteiger partial charge in [-0.05, 0) is 67.3 Å². The van der Waals surface area contributed by atoms with E-state index in [1.54, 1.807) is 17.8 Å². The van der Waals surface area contributed by atoms with Crippen LogP contribution in [0.2, 0.25) is 0 Å². The molecule has 2 aromatic rings. The molecular weight excluding hydrogens is 399 g/mol. The molecule has 5 nitrogen and oxygen atoms in total. The molecule has 0 bridgehead atoms. The standard InChI is InChI=1S/C20H21FN2O3S2/c21-15-5-8-19-17(13-15)18(9-12-27-19)22-20(24)14-3-6-16(7-4-14)28(25,26)23-10-1-2-11-23/h3-8,13,18H,1-2,9-12H2,(H,22,24)/t18-/m1/s1. The van der Waals surface area contributed by atoms with Gasteiger partial charge in [-0.15, -0.1) is 11.8 Å². The first kappa shape index (κ1) is 19.4. The van der Waals surface area contributed by atoms with E-state index >= 15 is 0 Å². The van der Waals surface area contributed by atoms with E-state index in [9.17, 15) is 17.6 Å². The van der Waals surface area contributed by atoms with Crippen molar-refractivity contribution in [3.63, 3.8) is 0 Å². The molecule has 0 aromatic heterocycles. The zero-order valence-electron chi connectivity index (χ0n) is 15.2. The summed E-state index contributed by atoms with van der Waals surface area (Å²) in [6.07, 6.45) is 2.47. The third kappa shape index (κ3) is 3.81. The molecule has 0 unspecified atom stereocenters. The van der Waals surface area contributed by atoms with E-state index in [1.807, 2.05) is 0 Å². The number of amides is 1. The third-order valence-electron chi connectivity index (χ3n) is 5.14. The van der Waals surface area contributed by atoms with E-state index in [-0.39, 0.29) is 22.7 Å². The summed E-state index contributed by atoms with van der Waals surface area (Å²) in [6, 6.07) is 10.4. The van der Waals surface area contributed by atoms with Crippen molar-refractivity contribution in [2.24, 2.45) is 0 Å². The summed E-state index contributed by atoms with van der Waals surface area (Å²) in [5.41, 5.74) is 1.18. The number of hydrogen-bond acceptors (Lipinski definition) is 4. The second-order valence-corrected chi connectivity index (χ2v) is 10.1. The van der Waals surface area contributed by atoms with E-state index in [1.165, 1.54) is 40.7 Å². The summed E-state index contributed by atoms with van der Waals surface area (Å²) >= 11 is 1.65. The number of thioether (sulfide) groups is 1. The van der Waals surface area contributed by atoms with Gasteiger partial charge >= 0.3 is 0 Å². The summed E-state index contributed by atoms with van der Waals surface area (Å²) in [5.74, 6) is 0.227. The molecule has 2 heterocycles. The van der Waals surface area contributed by atoms with Gasteiger partial charge in [-0.1, -0.05) is 0 Å². The summed E-state index contributed by atoms with van der Waals surface area (Å²) in [4.78, 5) is 13.8. The first-order chi connectivity index (χ1) is 13.4. The van der Waals surface area contributed by atoms with Crippen LogP contribution in [-0.4, -0.2) is 37.5 Å². The van der Waals surface area contributed by atoms with Crippen LogP contribution in [0, 0.1) is 5.82 Å². The number of hydrogen-bond donors (Lipinski definition) is 1. The molecule has 148 valence electrons. The van der Waals surface area contributed by atoms with Crippen LogP contribution in [0.1, 0.15) is 41.2 Å². The van der Waals surface area contributed by atoms with Crippen molar-refractivity contribution < 1.29 is 17.6 Å². The van der Waals surface area contributed by atoms with E-state index < -0.39 is 10.0 Å². The van der Waals surface area contributed by atoms with E-state index in [0.29, 0.717) is 25.1 Å². The van der Waals surface area contributed by atoms with E-state index in [0.717, 1.165) is 29.1 Å². The molecule has 0 aliphatic carbocycles. The summed E-state index contributed by atoms with van der Waals surface area (Å²) in [7, 11) is -3.50. The summed E-state index contributed by atoms with van der Waals surface area (Å²) in [5, 5.41) is 2.95. The lowest BCUT2D eigenvalue weighted by molar-refractivity contribution is 0.0934. The molecular formula is C20H21FN2O3S2. The number of carbonyl (C=O) groups is 1. The van der Waals surface area contributed by atoms with Gasteiger partial charge in [0.1, 0.15) is 5.82 Å². The SMILES string of the molecule is O=C(N[C@@H]1CCSc2ccc(F)cc21)c1ccc(S(=O)(=O)N2CCCC2)cc1. The lowest BCUT2D eigenvalue weighted by Gasteiger charge is -2.26. The van der Waals surface area contributed by atoms with Crippen molar-refractivity contribution in [1.29, 1.82) is 0 Å². The van der Waals surface area contributed by atoms with Crippen LogP contribution < -0.4 is 5.32 Å². The number of nitrogens with zero attached hydrogens (tertiary/aromatic N) is 1. The zero-order valence-corrected chi connectivity index (χ0v) is 16.9. The van der Waals surface area contributed by atoms with E-state index in [2.05, 4.69) is 5.32 Å². The summed E-state index contributed by atoms with van der Waals surface area (Å²) < 4.78 is 40.3. The van der Waals surface area contributed by atoms with Gasteiger partial charge in [-0.3, -0.25) is 4.79 Å². The molecule has 4 rings (SSSR count). The number of halogens is 1. The van der Waals surface area contributed by atoms with Gasteiger partial charge in [0, 0.05) is 29.3 Å². The topological polar surface area (TPSA) is 66.5 Å². The van der Waals surface area contributed by atoms with Crippen molar-refractivity contribution in [3.05, 3.63) is 59.4 Å². The van der Waals surface area contributed by atoms with Crippen LogP contribution in [-0.2, 0) is 10.0 Å². The number of sulfonamides is 1. The molecule has 2 aliphatic heterocycles. The minimum Gasteiger partial charge on any atom is -0.345 e.